The molecule has 1 N–H and O–H groups in total. The molecule has 0 fully saturated rings. The van der Waals surface area contributed by atoms with Crippen molar-refractivity contribution in [2.24, 2.45) is 0 Å². The zero-order valence-corrected chi connectivity index (χ0v) is 4.12. The quantitative estimate of drug-likeness (QED) is 0.415. The first-order chi connectivity index (χ1) is 2.94. The lowest BCUT2D eigenvalue weighted by Crippen LogP contribution is -2.14. The third-order valence-electron chi connectivity index (χ3n) is 0.198. The van der Waals surface area contributed by atoms with Gasteiger partial charge in [0.05, 0.1) is 0 Å². The van der Waals surface area contributed by atoms with Crippen LogP contribution in [-0.2, 0) is 11.1 Å². The molecule has 0 saturated heterocycles. The Morgan fingerprint density at radius 3 is 1.50 bits per heavy atom. The number of alkyl halides is 3. The van der Waals surface area contributed by atoms with E-state index in [0.717, 1.165) is 0 Å². The summed E-state index contributed by atoms with van der Waals surface area (Å²) in [7, 11) is 0. The maximum Gasteiger partial charge on any atom is 0.496 e. The standard InChI is InChI=1S/CHF3O2S.FH/c2-1(3,4)7(5)6;/h(H,5,6);1H. The van der Waals surface area contributed by atoms with Crippen LogP contribution in [0.3, 0.4) is 0 Å². The van der Waals surface area contributed by atoms with E-state index in [1.165, 1.54) is 0 Å². The molecule has 0 aliphatic heterocycles. The molecular formula is CH2F4O2S. The van der Waals surface area contributed by atoms with Gasteiger partial charge in [0.1, 0.15) is 0 Å². The van der Waals surface area contributed by atoms with Gasteiger partial charge in [-0.3, -0.25) is 9.26 Å². The topological polar surface area (TPSA) is 37.3 Å². The maximum absolute atomic E-state index is 10.6. The molecule has 0 aliphatic carbocycles. The highest BCUT2D eigenvalue weighted by molar-refractivity contribution is 7.80. The highest BCUT2D eigenvalue weighted by Crippen LogP contribution is 2.16. The minimum absolute atomic E-state index is 0. The van der Waals surface area contributed by atoms with E-state index in [1.54, 1.807) is 0 Å². The van der Waals surface area contributed by atoms with Gasteiger partial charge >= 0.3 is 5.51 Å². The molecule has 0 bridgehead atoms. The number of halogens is 4. The molecule has 0 aromatic heterocycles. The molecule has 1 unspecified atom stereocenters. The predicted molar refractivity (Wildman–Crippen MR) is 19.3 cm³/mol. The Hall–Kier alpha value is -0.170. The fourth-order valence-corrected chi connectivity index (χ4v) is 0. The van der Waals surface area contributed by atoms with E-state index >= 15 is 0 Å². The molecular weight excluding hydrogens is 152 g/mol. The Balaban J connectivity index is 0. The third-order valence-corrected chi connectivity index (χ3v) is 0.594. The lowest BCUT2D eigenvalue weighted by atomic mass is 11.6. The SMILES string of the molecule is F.O=S(O)C(F)(F)F. The second kappa shape index (κ2) is 2.98. The van der Waals surface area contributed by atoms with E-state index < -0.39 is 16.6 Å². The third kappa shape index (κ3) is 4.00. The molecule has 2 nitrogen and oxygen atoms in total. The summed E-state index contributed by atoms with van der Waals surface area (Å²) >= 11 is -3.68. The van der Waals surface area contributed by atoms with Crippen molar-refractivity contribution in [2.75, 3.05) is 0 Å². The lowest BCUT2D eigenvalue weighted by Gasteiger charge is -1.94. The summed E-state index contributed by atoms with van der Waals surface area (Å²) in [6, 6.07) is 0. The van der Waals surface area contributed by atoms with Crippen molar-refractivity contribution in [2.45, 2.75) is 5.51 Å². The summed E-state index contributed by atoms with van der Waals surface area (Å²) in [6.45, 7) is 0. The van der Waals surface area contributed by atoms with Crippen LogP contribution < -0.4 is 0 Å². The van der Waals surface area contributed by atoms with Gasteiger partial charge in [-0.15, -0.1) is 0 Å². The van der Waals surface area contributed by atoms with E-state index in [9.17, 15) is 13.2 Å². The molecule has 8 heavy (non-hydrogen) atoms. The molecule has 0 spiro atoms. The average Bonchev–Trinajstić information content (AvgIpc) is 1.31. The smallest absolute Gasteiger partial charge is 0.299 e. The molecule has 0 aromatic rings. The van der Waals surface area contributed by atoms with Crippen LogP contribution in [0.15, 0.2) is 0 Å². The van der Waals surface area contributed by atoms with Crippen LogP contribution in [0.2, 0.25) is 0 Å². The minimum Gasteiger partial charge on any atom is -0.299 e. The Bertz CT molecular complexity index is 86.5. The molecule has 0 saturated carbocycles. The van der Waals surface area contributed by atoms with E-state index in [2.05, 4.69) is 0 Å². The van der Waals surface area contributed by atoms with E-state index in [4.69, 9.17) is 8.76 Å². The number of rotatable bonds is 0. The molecule has 0 aromatic carbocycles. The van der Waals surface area contributed by atoms with Gasteiger partial charge in [0.2, 0.25) is 0 Å². The van der Waals surface area contributed by atoms with Gasteiger partial charge in [0.25, 0.3) is 11.1 Å². The lowest BCUT2D eigenvalue weighted by molar-refractivity contribution is -0.0446. The van der Waals surface area contributed by atoms with Crippen LogP contribution in [0.25, 0.3) is 0 Å². The van der Waals surface area contributed by atoms with Gasteiger partial charge in [-0.2, -0.15) is 13.2 Å². The molecule has 7 heteroatoms. The number of hydrogen-bond acceptors (Lipinski definition) is 1. The largest absolute Gasteiger partial charge is 0.496 e. The molecule has 1 atom stereocenters. The van der Waals surface area contributed by atoms with Crippen LogP contribution in [0, 0.1) is 0 Å². The van der Waals surface area contributed by atoms with Crippen LogP contribution in [0.5, 0.6) is 0 Å². The summed E-state index contributed by atoms with van der Waals surface area (Å²) in [5.41, 5.74) is -4.97. The highest BCUT2D eigenvalue weighted by Gasteiger charge is 2.35. The molecule has 52 valence electrons. The summed E-state index contributed by atoms with van der Waals surface area (Å²) in [6.07, 6.45) is 0. The summed E-state index contributed by atoms with van der Waals surface area (Å²) in [5.74, 6) is 0. The summed E-state index contributed by atoms with van der Waals surface area (Å²) in [5, 5.41) is 0. The Morgan fingerprint density at radius 1 is 1.38 bits per heavy atom. The fourth-order valence-electron chi connectivity index (χ4n) is 0. The normalized spacial score (nSPS) is 14.5. The average molecular weight is 154 g/mol. The predicted octanol–water partition coefficient (Wildman–Crippen LogP) is 0.880. The second-order valence-electron chi connectivity index (χ2n) is 0.695. The monoisotopic (exact) mass is 154 g/mol. The van der Waals surface area contributed by atoms with Crippen LogP contribution >= 0.6 is 0 Å². The summed E-state index contributed by atoms with van der Waals surface area (Å²) < 4.78 is 48.1. The van der Waals surface area contributed by atoms with E-state index in [1.807, 2.05) is 0 Å². The number of hydrogen-bond donors (Lipinski definition) is 1. The Kier molecular flexibility index (Phi) is 4.00. The van der Waals surface area contributed by atoms with Crippen molar-refractivity contribution in [1.29, 1.82) is 0 Å². The first kappa shape index (κ1) is 10.7. The molecule has 0 radical (unpaired) electrons. The van der Waals surface area contributed by atoms with E-state index in [0.29, 0.717) is 0 Å². The summed E-state index contributed by atoms with van der Waals surface area (Å²) in [4.78, 5) is 0. The zero-order valence-electron chi connectivity index (χ0n) is 3.31. The first-order valence-corrected chi connectivity index (χ1v) is 2.23. The van der Waals surface area contributed by atoms with Gasteiger partial charge < -0.3 is 0 Å². The Morgan fingerprint density at radius 2 is 1.50 bits per heavy atom. The van der Waals surface area contributed by atoms with Crippen LogP contribution in [-0.4, -0.2) is 14.3 Å². The van der Waals surface area contributed by atoms with Gasteiger partial charge in [-0.1, -0.05) is 0 Å². The molecule has 0 aliphatic rings. The molecule has 0 amide bonds. The fraction of sp³-hybridized carbons (Fsp3) is 1.00. The zero-order chi connectivity index (χ0) is 6.08. The van der Waals surface area contributed by atoms with Crippen molar-refractivity contribution in [1.82, 2.24) is 0 Å². The second-order valence-corrected chi connectivity index (χ2v) is 1.66. The van der Waals surface area contributed by atoms with Crippen molar-refractivity contribution < 1.29 is 26.6 Å². The van der Waals surface area contributed by atoms with Crippen molar-refractivity contribution in [3.8, 4) is 0 Å². The van der Waals surface area contributed by atoms with Gasteiger partial charge in [-0.05, 0) is 0 Å². The Labute approximate surface area is 44.3 Å². The van der Waals surface area contributed by atoms with Gasteiger partial charge in [0.15, 0.2) is 0 Å². The molecule has 0 rings (SSSR count). The van der Waals surface area contributed by atoms with Crippen molar-refractivity contribution in [3.05, 3.63) is 0 Å². The van der Waals surface area contributed by atoms with E-state index in [-0.39, 0.29) is 4.70 Å². The van der Waals surface area contributed by atoms with Crippen molar-refractivity contribution >= 4 is 11.1 Å². The molecule has 0 heterocycles. The highest BCUT2D eigenvalue weighted by atomic mass is 32.2. The minimum atomic E-state index is -4.97. The van der Waals surface area contributed by atoms with Gasteiger partial charge in [-0.25, -0.2) is 4.21 Å². The van der Waals surface area contributed by atoms with Gasteiger partial charge in [0, 0.05) is 0 Å². The van der Waals surface area contributed by atoms with Crippen LogP contribution in [0.1, 0.15) is 0 Å². The van der Waals surface area contributed by atoms with Crippen LogP contribution in [0.4, 0.5) is 17.9 Å². The first-order valence-electron chi connectivity index (χ1n) is 1.12. The van der Waals surface area contributed by atoms with Crippen molar-refractivity contribution in [3.63, 3.8) is 0 Å². The maximum atomic E-state index is 10.6.